The molecule has 0 radical (unpaired) electrons. The topological polar surface area (TPSA) is 114 Å². The lowest BCUT2D eigenvalue weighted by atomic mass is 10.2. The molecule has 0 unspecified atom stereocenters. The van der Waals surface area contributed by atoms with Crippen LogP contribution < -0.4 is 21.5 Å². The van der Waals surface area contributed by atoms with Crippen LogP contribution >= 0.6 is 0 Å². The van der Waals surface area contributed by atoms with E-state index in [2.05, 4.69) is 30.9 Å². The molecule has 3 aromatic rings. The molecule has 9 heteroatoms. The second-order valence-electron chi connectivity index (χ2n) is 6.50. The minimum Gasteiger partial charge on any atom is -0.370 e. The first-order valence-electron chi connectivity index (χ1n) is 9.61. The smallest absolute Gasteiger partial charge is 0.261 e. The molecule has 9 nitrogen and oxygen atoms in total. The highest BCUT2D eigenvalue weighted by atomic mass is 16.1. The van der Waals surface area contributed by atoms with E-state index in [1.54, 1.807) is 18.2 Å². The van der Waals surface area contributed by atoms with Gasteiger partial charge in [-0.15, -0.1) is 0 Å². The van der Waals surface area contributed by atoms with Crippen LogP contribution in [0.25, 0.3) is 10.9 Å². The Kier molecular flexibility index (Phi) is 6.72. The quantitative estimate of drug-likeness (QED) is 0.471. The van der Waals surface area contributed by atoms with Crippen LogP contribution in [0.2, 0.25) is 0 Å². The molecule has 0 bridgehead atoms. The van der Waals surface area contributed by atoms with Crippen molar-refractivity contribution in [3.63, 3.8) is 0 Å². The highest BCUT2D eigenvalue weighted by Crippen LogP contribution is 2.10. The van der Waals surface area contributed by atoms with Crippen LogP contribution in [0, 0.1) is 6.92 Å². The highest BCUT2D eigenvalue weighted by molar-refractivity contribution is 5.77. The van der Waals surface area contributed by atoms with E-state index >= 15 is 0 Å². The van der Waals surface area contributed by atoms with E-state index < -0.39 is 0 Å². The summed E-state index contributed by atoms with van der Waals surface area (Å²) >= 11 is 0. The lowest BCUT2D eigenvalue weighted by Crippen LogP contribution is -2.31. The van der Waals surface area contributed by atoms with Gasteiger partial charge in [-0.2, -0.15) is 0 Å². The molecule has 3 rings (SSSR count). The molecule has 0 aliphatic rings. The van der Waals surface area contributed by atoms with E-state index in [0.29, 0.717) is 35.6 Å². The zero-order valence-corrected chi connectivity index (χ0v) is 16.6. The molecule has 1 amide bonds. The average molecular weight is 395 g/mol. The van der Waals surface area contributed by atoms with Crippen molar-refractivity contribution in [3.8, 4) is 0 Å². The fourth-order valence-electron chi connectivity index (χ4n) is 2.90. The third-order valence-electron chi connectivity index (χ3n) is 4.26. The standard InChI is InChI=1S/C20H25N7O2/c1-3-21-17-12-18(26-14(2)25-17)22-9-10-23-19(28)8-11-27-13-24-16-7-5-4-6-15(16)20(27)29/h4-7,12-13H,3,8-11H2,1-2H3,(H,23,28)(H2,21,22,25,26). The zero-order valence-electron chi connectivity index (χ0n) is 16.6. The van der Waals surface area contributed by atoms with Crippen LogP contribution in [0.15, 0.2) is 41.5 Å². The van der Waals surface area contributed by atoms with E-state index in [1.165, 1.54) is 10.9 Å². The predicted molar refractivity (Wildman–Crippen MR) is 113 cm³/mol. The first-order valence-corrected chi connectivity index (χ1v) is 9.61. The fourth-order valence-corrected chi connectivity index (χ4v) is 2.90. The van der Waals surface area contributed by atoms with Crippen molar-refractivity contribution in [1.29, 1.82) is 0 Å². The number of hydrogen-bond acceptors (Lipinski definition) is 7. The van der Waals surface area contributed by atoms with Gasteiger partial charge in [-0.05, 0) is 26.0 Å². The van der Waals surface area contributed by atoms with Crippen molar-refractivity contribution in [3.05, 3.63) is 52.8 Å². The number of nitrogens with one attached hydrogen (secondary N) is 3. The SMILES string of the molecule is CCNc1cc(NCCNC(=O)CCn2cnc3ccccc3c2=O)nc(C)n1. The Hall–Kier alpha value is -3.49. The van der Waals surface area contributed by atoms with Gasteiger partial charge in [0.05, 0.1) is 17.2 Å². The van der Waals surface area contributed by atoms with Crippen LogP contribution in [0.3, 0.4) is 0 Å². The van der Waals surface area contributed by atoms with Crippen LogP contribution in [0.1, 0.15) is 19.2 Å². The molecule has 0 aliphatic carbocycles. The number of carbonyl (C=O) groups is 1. The maximum absolute atomic E-state index is 12.4. The second kappa shape index (κ2) is 9.63. The highest BCUT2D eigenvalue weighted by Gasteiger charge is 2.06. The van der Waals surface area contributed by atoms with Gasteiger partial charge in [0.25, 0.3) is 5.56 Å². The van der Waals surface area contributed by atoms with Crippen molar-refractivity contribution >= 4 is 28.4 Å². The minimum absolute atomic E-state index is 0.126. The van der Waals surface area contributed by atoms with E-state index in [1.807, 2.05) is 26.0 Å². The molecule has 1 aromatic carbocycles. The van der Waals surface area contributed by atoms with Gasteiger partial charge in [-0.25, -0.2) is 15.0 Å². The molecule has 0 atom stereocenters. The van der Waals surface area contributed by atoms with Crippen LogP contribution in [-0.2, 0) is 11.3 Å². The van der Waals surface area contributed by atoms with Crippen molar-refractivity contribution in [2.75, 3.05) is 30.3 Å². The molecular formula is C20H25N7O2. The molecule has 0 aliphatic heterocycles. The molecule has 2 heterocycles. The third kappa shape index (κ3) is 5.50. The first-order chi connectivity index (χ1) is 14.1. The van der Waals surface area contributed by atoms with Gasteiger partial charge >= 0.3 is 0 Å². The number of amides is 1. The van der Waals surface area contributed by atoms with E-state index in [-0.39, 0.29) is 24.4 Å². The summed E-state index contributed by atoms with van der Waals surface area (Å²) in [5.74, 6) is 2.01. The van der Waals surface area contributed by atoms with Crippen LogP contribution in [0.5, 0.6) is 0 Å². The monoisotopic (exact) mass is 395 g/mol. The van der Waals surface area contributed by atoms with Crippen molar-refractivity contribution in [1.82, 2.24) is 24.8 Å². The minimum atomic E-state index is -0.138. The maximum atomic E-state index is 12.4. The summed E-state index contributed by atoms with van der Waals surface area (Å²) < 4.78 is 1.46. The number of rotatable bonds is 9. The van der Waals surface area contributed by atoms with Gasteiger partial charge in [-0.1, -0.05) is 12.1 Å². The summed E-state index contributed by atoms with van der Waals surface area (Å²) in [4.78, 5) is 37.4. The number of nitrogens with zero attached hydrogens (tertiary/aromatic N) is 4. The Morgan fingerprint density at radius 2 is 1.86 bits per heavy atom. The normalized spacial score (nSPS) is 10.7. The average Bonchev–Trinajstić information content (AvgIpc) is 2.71. The fraction of sp³-hybridized carbons (Fsp3) is 0.350. The number of benzene rings is 1. The Morgan fingerprint density at radius 3 is 2.66 bits per heavy atom. The molecule has 0 fully saturated rings. The summed E-state index contributed by atoms with van der Waals surface area (Å²) in [6.07, 6.45) is 1.69. The molecule has 29 heavy (non-hydrogen) atoms. The van der Waals surface area contributed by atoms with E-state index in [0.717, 1.165) is 12.4 Å². The maximum Gasteiger partial charge on any atom is 0.261 e. The third-order valence-corrected chi connectivity index (χ3v) is 4.26. The summed E-state index contributed by atoms with van der Waals surface area (Å²) in [6.45, 7) is 5.88. The first kappa shape index (κ1) is 20.2. The van der Waals surface area contributed by atoms with Crippen molar-refractivity contribution in [2.45, 2.75) is 26.8 Å². The molecular weight excluding hydrogens is 370 g/mol. The van der Waals surface area contributed by atoms with Gasteiger partial charge < -0.3 is 16.0 Å². The number of para-hydroxylation sites is 1. The Morgan fingerprint density at radius 1 is 1.10 bits per heavy atom. The van der Waals surface area contributed by atoms with Gasteiger partial charge in [0, 0.05) is 38.7 Å². The van der Waals surface area contributed by atoms with Crippen molar-refractivity contribution in [2.24, 2.45) is 0 Å². The summed E-state index contributed by atoms with van der Waals surface area (Å²) in [5.41, 5.74) is 0.516. The Balaban J connectivity index is 1.45. The number of aromatic nitrogens is 4. The van der Waals surface area contributed by atoms with Crippen LogP contribution in [0.4, 0.5) is 11.6 Å². The zero-order chi connectivity index (χ0) is 20.6. The van der Waals surface area contributed by atoms with Crippen molar-refractivity contribution < 1.29 is 4.79 Å². The van der Waals surface area contributed by atoms with E-state index in [4.69, 9.17) is 0 Å². The lowest BCUT2D eigenvalue weighted by Gasteiger charge is -2.10. The summed E-state index contributed by atoms with van der Waals surface area (Å²) in [7, 11) is 0. The Bertz CT molecular complexity index is 1050. The molecule has 0 saturated heterocycles. The van der Waals surface area contributed by atoms with E-state index in [9.17, 15) is 9.59 Å². The molecule has 152 valence electrons. The number of fused-ring (bicyclic) bond motifs is 1. The summed E-state index contributed by atoms with van der Waals surface area (Å²) in [5, 5.41) is 9.71. The van der Waals surface area contributed by atoms with Gasteiger partial charge in [0.2, 0.25) is 5.91 Å². The molecule has 0 saturated carbocycles. The molecule has 3 N–H and O–H groups in total. The van der Waals surface area contributed by atoms with Gasteiger partial charge in [-0.3, -0.25) is 14.2 Å². The number of carbonyl (C=O) groups excluding carboxylic acids is 1. The number of hydrogen-bond donors (Lipinski definition) is 3. The second-order valence-corrected chi connectivity index (χ2v) is 6.50. The molecule has 0 spiro atoms. The molecule has 2 aromatic heterocycles. The van der Waals surface area contributed by atoms with Gasteiger partial charge in [0.1, 0.15) is 17.5 Å². The Labute approximate surface area is 168 Å². The number of anilines is 2. The lowest BCUT2D eigenvalue weighted by molar-refractivity contribution is -0.121. The van der Waals surface area contributed by atoms with Gasteiger partial charge in [0.15, 0.2) is 0 Å². The largest absolute Gasteiger partial charge is 0.370 e. The van der Waals surface area contributed by atoms with Crippen LogP contribution in [-0.4, -0.2) is 45.1 Å². The predicted octanol–water partition coefficient (Wildman–Crippen LogP) is 1.55. The summed E-state index contributed by atoms with van der Waals surface area (Å²) in [6, 6.07) is 9.00. The number of aryl methyl sites for hydroxylation is 2.